The largest absolute Gasteiger partial charge is 0.455 e. The van der Waals surface area contributed by atoms with E-state index in [0.717, 1.165) is 61.5 Å². The number of nitrogens with zero attached hydrogens (tertiary/aromatic N) is 2. The van der Waals surface area contributed by atoms with Gasteiger partial charge in [-0.15, -0.1) is 0 Å². The molecule has 0 spiro atoms. The Balaban J connectivity index is 0.000000137. The third-order valence-electron chi connectivity index (χ3n) is 27.6. The van der Waals surface area contributed by atoms with Crippen LogP contribution in [-0.4, -0.2) is 0 Å². The van der Waals surface area contributed by atoms with Crippen LogP contribution in [0.1, 0.15) is 73.6 Å². The highest BCUT2D eigenvalue weighted by atomic mass is 16.3. The summed E-state index contributed by atoms with van der Waals surface area (Å²) in [6.45, 7) is 11.8. The first-order chi connectivity index (χ1) is 59.4. The minimum absolute atomic E-state index is 0.0413. The fraction of sp³-hybridized carbons (Fsp3) is 0.0678. The van der Waals surface area contributed by atoms with Crippen molar-refractivity contribution in [2.75, 3.05) is 9.80 Å². The Kier molecular flexibility index (Phi) is 15.6. The van der Waals surface area contributed by atoms with Crippen molar-refractivity contribution in [2.24, 2.45) is 0 Å². The van der Waals surface area contributed by atoms with Crippen LogP contribution < -0.4 is 9.80 Å². The van der Waals surface area contributed by atoms with Crippen molar-refractivity contribution in [1.29, 1.82) is 0 Å². The van der Waals surface area contributed by atoms with Crippen molar-refractivity contribution in [3.63, 3.8) is 0 Å². The Labute approximate surface area is 705 Å². The van der Waals surface area contributed by atoms with Crippen molar-refractivity contribution in [1.82, 2.24) is 0 Å². The van der Waals surface area contributed by atoms with Crippen LogP contribution in [0.5, 0.6) is 0 Å². The predicted molar refractivity (Wildman–Crippen MR) is 508 cm³/mol. The summed E-state index contributed by atoms with van der Waals surface area (Å²) in [4.78, 5) is 4.88. The number of benzene rings is 19. The standard InChI is InChI=1S/C60H39NO.C58H43N/c1-60(40-13-3-2-4-14-40)55-23-9-7-17-48(55)49-34-33-43(37-56(49)60)61(42-31-27-39(28-32-42)45-19-11-22-54-50-18-8-10-24-57(50)62-59(45)54)41-29-25-38(26-30-41)44-35-36-53-47-16-6-5-15-46(47)52-21-12-20-51(44)58(52)53;1-57(2)51-20-10-8-16-49(51)56-52(57)21-12-22-54(56)59(39-28-23-36(24-29-39)38-27-32-45-44-15-7-9-19-50(44)58(3,4)53(45)35-38)40-30-25-37(26-31-40)41-33-34-48-43-14-6-5-13-42(43)47-18-11-17-46(41)55(47)48/h2-37H,1H3;5-35H,1-4H3. The van der Waals surface area contributed by atoms with Crippen LogP contribution in [0.2, 0.25) is 0 Å². The van der Waals surface area contributed by atoms with Gasteiger partial charge in [0.25, 0.3) is 0 Å². The molecule has 570 valence electrons. The average Bonchev–Trinajstić information content (AvgIpc) is 1.57. The lowest BCUT2D eigenvalue weighted by Gasteiger charge is -2.31. The molecule has 0 bridgehead atoms. The number of anilines is 6. The van der Waals surface area contributed by atoms with E-state index >= 15 is 0 Å². The monoisotopic (exact) mass is 1540 g/mol. The van der Waals surface area contributed by atoms with Crippen LogP contribution in [0.25, 0.3) is 166 Å². The summed E-state index contributed by atoms with van der Waals surface area (Å²) >= 11 is 0. The topological polar surface area (TPSA) is 19.6 Å². The lowest BCUT2D eigenvalue weighted by molar-refractivity contribution is 0.660. The fourth-order valence-corrected chi connectivity index (χ4v) is 21.6. The zero-order chi connectivity index (χ0) is 80.6. The van der Waals surface area contributed by atoms with E-state index in [9.17, 15) is 0 Å². The van der Waals surface area contributed by atoms with Crippen LogP contribution >= 0.6 is 0 Å². The molecule has 25 rings (SSSR count). The van der Waals surface area contributed by atoms with E-state index in [2.05, 4.69) is 439 Å². The van der Waals surface area contributed by atoms with E-state index in [1.165, 1.54) is 177 Å². The molecule has 3 heteroatoms. The zero-order valence-corrected chi connectivity index (χ0v) is 68.0. The fourth-order valence-electron chi connectivity index (χ4n) is 21.6. The molecule has 1 aromatic heterocycles. The first-order valence-corrected chi connectivity index (χ1v) is 42.4. The summed E-state index contributed by atoms with van der Waals surface area (Å²) in [7, 11) is 0. The molecule has 20 aromatic rings. The third-order valence-corrected chi connectivity index (χ3v) is 27.6. The molecule has 0 radical (unpaired) electrons. The average molecular weight is 1540 g/mol. The molecule has 0 saturated heterocycles. The molecule has 5 aliphatic rings. The van der Waals surface area contributed by atoms with Gasteiger partial charge >= 0.3 is 0 Å². The second kappa shape index (κ2) is 26.8. The Morgan fingerprint density at radius 3 is 1.16 bits per heavy atom. The van der Waals surface area contributed by atoms with Gasteiger partial charge in [0.2, 0.25) is 0 Å². The van der Waals surface area contributed by atoms with Crippen LogP contribution in [-0.2, 0) is 16.2 Å². The molecule has 3 nitrogen and oxygen atoms in total. The maximum absolute atomic E-state index is 6.48. The van der Waals surface area contributed by atoms with E-state index in [1.54, 1.807) is 0 Å². The maximum atomic E-state index is 6.48. The number of hydrogen-bond donors (Lipinski definition) is 0. The molecule has 1 heterocycles. The molecule has 1 atom stereocenters. The lowest BCUT2D eigenvalue weighted by Crippen LogP contribution is -2.22. The minimum atomic E-state index is -0.316. The molecule has 0 fully saturated rings. The lowest BCUT2D eigenvalue weighted by atomic mass is 9.74. The molecule has 0 N–H and O–H groups in total. The van der Waals surface area contributed by atoms with Gasteiger partial charge in [-0.2, -0.15) is 0 Å². The smallest absolute Gasteiger partial charge is 0.143 e. The van der Waals surface area contributed by atoms with Crippen LogP contribution in [0.15, 0.2) is 411 Å². The quantitative estimate of drug-likeness (QED) is 0.129. The second-order valence-corrected chi connectivity index (χ2v) is 34.6. The van der Waals surface area contributed by atoms with E-state index < -0.39 is 0 Å². The molecule has 19 aromatic carbocycles. The highest BCUT2D eigenvalue weighted by Gasteiger charge is 2.43. The first-order valence-electron chi connectivity index (χ1n) is 42.4. The van der Waals surface area contributed by atoms with Gasteiger partial charge in [0.05, 0.1) is 5.69 Å². The number of furan rings is 1. The number of para-hydroxylation sites is 2. The second-order valence-electron chi connectivity index (χ2n) is 34.6. The summed E-state index contributed by atoms with van der Waals surface area (Å²) in [6, 6.07) is 150. The SMILES string of the molecule is CC1(C)c2ccccc2-c2ccc(-c3ccc(N(c4ccc(-c5ccc6c7c(cccc57)-c5ccccc5-6)cc4)c4cccc5c4-c4ccccc4C5(C)C)cc3)cc21.CC1(c2ccccc2)c2ccccc2-c2ccc(N(c3ccc(-c4ccc5c6c(cccc46)-c4ccccc4-5)cc3)c3ccc(-c4cccc5c4oc4ccccc45)cc3)cc21. The third kappa shape index (κ3) is 10.6. The Hall–Kier alpha value is -14.9. The summed E-state index contributed by atoms with van der Waals surface area (Å²) < 4.78 is 6.48. The summed E-state index contributed by atoms with van der Waals surface area (Å²) in [6.07, 6.45) is 0. The molecule has 121 heavy (non-hydrogen) atoms. The van der Waals surface area contributed by atoms with Crippen LogP contribution in [0.3, 0.4) is 0 Å². The zero-order valence-electron chi connectivity index (χ0n) is 68.0. The van der Waals surface area contributed by atoms with Crippen LogP contribution in [0.4, 0.5) is 34.1 Å². The highest BCUT2D eigenvalue weighted by molar-refractivity contribution is 6.20. The molecule has 0 saturated carbocycles. The van der Waals surface area contributed by atoms with Crippen molar-refractivity contribution in [2.45, 2.75) is 50.9 Å². The van der Waals surface area contributed by atoms with Crippen molar-refractivity contribution in [3.8, 4) is 122 Å². The summed E-state index contributed by atoms with van der Waals surface area (Å²) in [5.41, 5.74) is 45.7. The molecule has 5 aliphatic carbocycles. The van der Waals surface area contributed by atoms with Gasteiger partial charge < -0.3 is 14.2 Å². The van der Waals surface area contributed by atoms with Crippen molar-refractivity contribution < 1.29 is 4.42 Å². The van der Waals surface area contributed by atoms with Gasteiger partial charge in [-0.25, -0.2) is 0 Å². The number of fused-ring (bicyclic) bond motifs is 18. The minimum Gasteiger partial charge on any atom is -0.455 e. The molecule has 0 aliphatic heterocycles. The Morgan fingerprint density at radius 1 is 0.207 bits per heavy atom. The maximum Gasteiger partial charge on any atom is 0.143 e. The number of rotatable bonds is 11. The van der Waals surface area contributed by atoms with Crippen LogP contribution in [0, 0.1) is 0 Å². The van der Waals surface area contributed by atoms with Crippen molar-refractivity contribution >= 4 is 77.6 Å². The summed E-state index contributed by atoms with van der Waals surface area (Å²) in [5.74, 6) is 0. The Bertz CT molecular complexity index is 7630. The van der Waals surface area contributed by atoms with E-state index in [1.807, 2.05) is 12.1 Å². The molecule has 1 unspecified atom stereocenters. The van der Waals surface area contributed by atoms with E-state index in [4.69, 9.17) is 4.42 Å². The molecular weight excluding hydrogens is 1460 g/mol. The van der Waals surface area contributed by atoms with Gasteiger partial charge in [0, 0.05) is 66.6 Å². The van der Waals surface area contributed by atoms with E-state index in [-0.39, 0.29) is 16.2 Å². The molecule has 0 amide bonds. The van der Waals surface area contributed by atoms with E-state index in [0.29, 0.717) is 0 Å². The van der Waals surface area contributed by atoms with Crippen molar-refractivity contribution in [3.05, 3.63) is 445 Å². The number of hydrogen-bond acceptors (Lipinski definition) is 3. The first kappa shape index (κ1) is 70.3. The summed E-state index contributed by atoms with van der Waals surface area (Å²) in [5, 5.41) is 7.56. The van der Waals surface area contributed by atoms with Gasteiger partial charge in [0.15, 0.2) is 0 Å². The van der Waals surface area contributed by atoms with Gasteiger partial charge in [-0.3, -0.25) is 0 Å². The highest BCUT2D eigenvalue weighted by Crippen LogP contribution is 2.59. The molecular formula is C118H82N2O. The Morgan fingerprint density at radius 2 is 0.570 bits per heavy atom. The van der Waals surface area contributed by atoms with Gasteiger partial charge in [-0.05, 0) is 258 Å². The van der Waals surface area contributed by atoms with Gasteiger partial charge in [0.1, 0.15) is 11.2 Å². The normalized spacial score (nSPS) is 14.5. The van der Waals surface area contributed by atoms with Gasteiger partial charge in [-0.1, -0.05) is 355 Å². The predicted octanol–water partition coefficient (Wildman–Crippen LogP) is 32.4.